The maximum Gasteiger partial charge on any atom is 0.138 e. The molecule has 1 aliphatic rings. The van der Waals surface area contributed by atoms with Crippen LogP contribution in [0.5, 0.6) is 0 Å². The van der Waals surface area contributed by atoms with Crippen LogP contribution in [0, 0.1) is 5.92 Å². The Balaban J connectivity index is 2.08. The predicted molar refractivity (Wildman–Crippen MR) is 84.1 cm³/mol. The monoisotopic (exact) mass is 288 g/mol. The summed E-state index contributed by atoms with van der Waals surface area (Å²) >= 11 is 0. The summed E-state index contributed by atoms with van der Waals surface area (Å²) in [5.41, 5.74) is 0.987. The lowest BCUT2D eigenvalue weighted by atomic mass is 9.71. The van der Waals surface area contributed by atoms with Crippen molar-refractivity contribution >= 4 is 10.8 Å². The lowest BCUT2D eigenvalue weighted by molar-refractivity contribution is 0.0626. The van der Waals surface area contributed by atoms with Gasteiger partial charge in [0.25, 0.3) is 0 Å². The first-order chi connectivity index (χ1) is 10.2. The lowest BCUT2D eigenvalue weighted by Crippen LogP contribution is -2.36. The molecule has 2 aromatic carbocycles. The Bertz CT molecular complexity index is 602. The van der Waals surface area contributed by atoms with Gasteiger partial charge in [-0.25, -0.2) is 8.78 Å². The molecular formula is C19H22F2. The molecular weight excluding hydrogens is 266 g/mol. The van der Waals surface area contributed by atoms with Crippen LogP contribution >= 0.6 is 0 Å². The molecule has 1 saturated carbocycles. The van der Waals surface area contributed by atoms with E-state index >= 15 is 0 Å². The van der Waals surface area contributed by atoms with E-state index in [9.17, 15) is 8.78 Å². The van der Waals surface area contributed by atoms with Crippen LogP contribution in [0.25, 0.3) is 10.8 Å². The van der Waals surface area contributed by atoms with Gasteiger partial charge in [-0.05, 0) is 35.1 Å². The quantitative estimate of drug-likeness (QED) is 0.668. The number of alkyl halides is 2. The van der Waals surface area contributed by atoms with Gasteiger partial charge >= 0.3 is 0 Å². The number of halogens is 2. The number of benzene rings is 2. The highest BCUT2D eigenvalue weighted by Crippen LogP contribution is 2.45. The Morgan fingerprint density at radius 2 is 1.76 bits per heavy atom. The zero-order chi connectivity index (χ0) is 14.8. The fraction of sp³-hybridized carbons (Fsp3) is 0.474. The molecule has 0 aliphatic heterocycles. The molecule has 3 rings (SSSR count). The SMILES string of the molecule is CCCC1CCC(F)C(F)C1c1cccc2ccccc12. The summed E-state index contributed by atoms with van der Waals surface area (Å²) in [4.78, 5) is 0. The van der Waals surface area contributed by atoms with Gasteiger partial charge in [0, 0.05) is 5.92 Å². The van der Waals surface area contributed by atoms with E-state index in [-0.39, 0.29) is 11.8 Å². The van der Waals surface area contributed by atoms with Crippen molar-refractivity contribution in [3.05, 3.63) is 48.0 Å². The molecule has 0 heterocycles. The number of fused-ring (bicyclic) bond motifs is 1. The average molecular weight is 288 g/mol. The molecule has 112 valence electrons. The Kier molecular flexibility index (Phi) is 4.23. The van der Waals surface area contributed by atoms with E-state index in [2.05, 4.69) is 6.92 Å². The molecule has 0 nitrogen and oxygen atoms in total. The van der Waals surface area contributed by atoms with E-state index in [1.807, 2.05) is 42.5 Å². The Morgan fingerprint density at radius 1 is 1.00 bits per heavy atom. The fourth-order valence-corrected chi connectivity index (χ4v) is 3.86. The van der Waals surface area contributed by atoms with Crippen molar-refractivity contribution in [1.29, 1.82) is 0 Å². The molecule has 2 aromatic rings. The molecule has 4 atom stereocenters. The second kappa shape index (κ2) is 6.13. The van der Waals surface area contributed by atoms with Crippen LogP contribution in [0.3, 0.4) is 0 Å². The molecule has 0 radical (unpaired) electrons. The van der Waals surface area contributed by atoms with Crippen LogP contribution in [0.4, 0.5) is 8.78 Å². The standard InChI is InChI=1S/C19H22F2/c1-2-6-14-11-12-17(20)19(21)18(14)16-10-5-8-13-7-3-4-9-15(13)16/h3-5,7-10,14,17-19H,2,6,11-12H2,1H3. The highest BCUT2D eigenvalue weighted by atomic mass is 19.2. The number of rotatable bonds is 3. The summed E-state index contributed by atoms with van der Waals surface area (Å²) in [5.74, 6) is -0.0531. The normalized spacial score (nSPS) is 29.7. The van der Waals surface area contributed by atoms with Crippen molar-refractivity contribution in [3.63, 3.8) is 0 Å². The van der Waals surface area contributed by atoms with Crippen molar-refractivity contribution < 1.29 is 8.78 Å². The minimum absolute atomic E-state index is 0.253. The van der Waals surface area contributed by atoms with E-state index in [0.717, 1.165) is 35.6 Å². The van der Waals surface area contributed by atoms with Gasteiger partial charge in [-0.2, -0.15) is 0 Å². The van der Waals surface area contributed by atoms with Crippen molar-refractivity contribution in [2.24, 2.45) is 5.92 Å². The molecule has 4 unspecified atom stereocenters. The number of hydrogen-bond acceptors (Lipinski definition) is 0. The topological polar surface area (TPSA) is 0 Å². The largest absolute Gasteiger partial charge is 0.244 e. The summed E-state index contributed by atoms with van der Waals surface area (Å²) < 4.78 is 28.6. The van der Waals surface area contributed by atoms with Crippen LogP contribution in [0.2, 0.25) is 0 Å². The molecule has 0 spiro atoms. The van der Waals surface area contributed by atoms with E-state index in [1.54, 1.807) is 0 Å². The molecule has 0 aromatic heterocycles. The van der Waals surface area contributed by atoms with Gasteiger partial charge in [-0.1, -0.05) is 62.2 Å². The second-order valence-electron chi connectivity index (χ2n) is 6.18. The van der Waals surface area contributed by atoms with E-state index in [1.165, 1.54) is 0 Å². The van der Waals surface area contributed by atoms with Gasteiger partial charge < -0.3 is 0 Å². The third kappa shape index (κ3) is 2.68. The van der Waals surface area contributed by atoms with E-state index in [0.29, 0.717) is 6.42 Å². The zero-order valence-electron chi connectivity index (χ0n) is 12.4. The van der Waals surface area contributed by atoms with Crippen LogP contribution < -0.4 is 0 Å². The second-order valence-corrected chi connectivity index (χ2v) is 6.18. The summed E-state index contributed by atoms with van der Waals surface area (Å²) in [5, 5.41) is 2.18. The van der Waals surface area contributed by atoms with Gasteiger partial charge in [0.1, 0.15) is 12.3 Å². The van der Waals surface area contributed by atoms with E-state index < -0.39 is 12.3 Å². The molecule has 0 amide bonds. The molecule has 1 aliphatic carbocycles. The van der Waals surface area contributed by atoms with Crippen LogP contribution in [0.1, 0.15) is 44.1 Å². The molecule has 0 bridgehead atoms. The molecule has 0 N–H and O–H groups in total. The molecule has 21 heavy (non-hydrogen) atoms. The minimum atomic E-state index is -1.37. The predicted octanol–water partition coefficient (Wildman–Crippen LogP) is 5.81. The number of hydrogen-bond donors (Lipinski definition) is 0. The van der Waals surface area contributed by atoms with Crippen LogP contribution in [-0.4, -0.2) is 12.3 Å². The summed E-state index contributed by atoms with van der Waals surface area (Å²) in [7, 11) is 0. The van der Waals surface area contributed by atoms with Crippen molar-refractivity contribution in [2.45, 2.75) is 50.9 Å². The third-order valence-corrected chi connectivity index (χ3v) is 4.85. The van der Waals surface area contributed by atoms with Gasteiger partial charge in [-0.3, -0.25) is 0 Å². The maximum atomic E-state index is 14.7. The zero-order valence-corrected chi connectivity index (χ0v) is 12.4. The Labute approximate surface area is 125 Å². The summed E-state index contributed by atoms with van der Waals surface area (Å²) in [6.07, 6.45) is 0.468. The fourth-order valence-electron chi connectivity index (χ4n) is 3.86. The van der Waals surface area contributed by atoms with Gasteiger partial charge in [0.05, 0.1) is 0 Å². The Hall–Kier alpha value is -1.44. The minimum Gasteiger partial charge on any atom is -0.244 e. The highest BCUT2D eigenvalue weighted by molar-refractivity contribution is 5.86. The maximum absolute atomic E-state index is 14.7. The smallest absolute Gasteiger partial charge is 0.138 e. The van der Waals surface area contributed by atoms with E-state index in [4.69, 9.17) is 0 Å². The third-order valence-electron chi connectivity index (χ3n) is 4.85. The molecule has 0 saturated heterocycles. The molecule has 2 heteroatoms. The highest BCUT2D eigenvalue weighted by Gasteiger charge is 2.40. The lowest BCUT2D eigenvalue weighted by Gasteiger charge is -2.37. The molecule has 1 fully saturated rings. The first-order valence-electron chi connectivity index (χ1n) is 7.98. The van der Waals surface area contributed by atoms with Crippen molar-refractivity contribution in [1.82, 2.24) is 0 Å². The van der Waals surface area contributed by atoms with Gasteiger partial charge in [-0.15, -0.1) is 0 Å². The summed E-state index contributed by atoms with van der Waals surface area (Å²) in [6.45, 7) is 2.12. The van der Waals surface area contributed by atoms with Gasteiger partial charge in [0.15, 0.2) is 0 Å². The first-order valence-corrected chi connectivity index (χ1v) is 7.98. The first kappa shape index (κ1) is 14.5. The van der Waals surface area contributed by atoms with Crippen LogP contribution in [-0.2, 0) is 0 Å². The average Bonchev–Trinajstić information content (AvgIpc) is 2.51. The van der Waals surface area contributed by atoms with Crippen molar-refractivity contribution in [3.8, 4) is 0 Å². The van der Waals surface area contributed by atoms with Gasteiger partial charge in [0.2, 0.25) is 0 Å². The van der Waals surface area contributed by atoms with Crippen LogP contribution in [0.15, 0.2) is 42.5 Å². The summed E-state index contributed by atoms with van der Waals surface area (Å²) in [6, 6.07) is 14.0. The Morgan fingerprint density at radius 3 is 2.57 bits per heavy atom. The van der Waals surface area contributed by atoms with Crippen molar-refractivity contribution in [2.75, 3.05) is 0 Å².